The second kappa shape index (κ2) is 6.23. The van der Waals surface area contributed by atoms with Crippen LogP contribution in [0.1, 0.15) is 52.4 Å². The molecule has 82 valence electrons. The van der Waals surface area contributed by atoms with Gasteiger partial charge in [0.2, 0.25) is 0 Å². The van der Waals surface area contributed by atoms with Gasteiger partial charge in [-0.05, 0) is 32.1 Å². The van der Waals surface area contributed by atoms with Crippen molar-refractivity contribution in [2.45, 2.75) is 64.5 Å². The van der Waals surface area contributed by atoms with Crippen molar-refractivity contribution in [3.8, 4) is 0 Å². The molecule has 0 aliphatic heterocycles. The van der Waals surface area contributed by atoms with Gasteiger partial charge in [0, 0.05) is 12.1 Å². The van der Waals surface area contributed by atoms with E-state index in [1.165, 1.54) is 32.1 Å². The topological polar surface area (TPSA) is 12.0 Å². The van der Waals surface area contributed by atoms with E-state index in [0.29, 0.717) is 6.04 Å². The highest BCUT2D eigenvalue weighted by Crippen LogP contribution is 2.26. The minimum atomic E-state index is 0.605. The summed E-state index contributed by atoms with van der Waals surface area (Å²) in [7, 11) is 0. The van der Waals surface area contributed by atoms with Crippen molar-refractivity contribution in [3.63, 3.8) is 0 Å². The Labute approximate surface area is 89.0 Å². The van der Waals surface area contributed by atoms with Crippen molar-refractivity contribution in [2.24, 2.45) is 5.92 Å². The van der Waals surface area contributed by atoms with Gasteiger partial charge in [0.1, 0.15) is 0 Å². The molecule has 0 amide bonds. The number of hydrogen-bond donors (Lipinski definition) is 1. The Hall–Kier alpha value is -0.300. The Bertz CT molecular complexity index is 165. The molecule has 1 aliphatic rings. The lowest BCUT2D eigenvalue weighted by Gasteiger charge is -2.31. The van der Waals surface area contributed by atoms with Crippen molar-refractivity contribution in [2.75, 3.05) is 0 Å². The van der Waals surface area contributed by atoms with Crippen molar-refractivity contribution in [3.05, 3.63) is 12.7 Å². The maximum Gasteiger partial charge on any atom is 0.00757 e. The minimum Gasteiger partial charge on any atom is -0.311 e. The summed E-state index contributed by atoms with van der Waals surface area (Å²) in [6.45, 7) is 8.37. The zero-order valence-corrected chi connectivity index (χ0v) is 9.76. The monoisotopic (exact) mass is 195 g/mol. The van der Waals surface area contributed by atoms with Gasteiger partial charge in [-0.25, -0.2) is 0 Å². The van der Waals surface area contributed by atoms with Crippen LogP contribution in [0.2, 0.25) is 0 Å². The van der Waals surface area contributed by atoms with Gasteiger partial charge in [-0.15, -0.1) is 6.58 Å². The van der Waals surface area contributed by atoms with Crippen molar-refractivity contribution in [1.82, 2.24) is 5.32 Å². The van der Waals surface area contributed by atoms with Crippen molar-refractivity contribution in [1.29, 1.82) is 0 Å². The number of hydrogen-bond acceptors (Lipinski definition) is 1. The van der Waals surface area contributed by atoms with E-state index >= 15 is 0 Å². The lowest BCUT2D eigenvalue weighted by atomic mass is 9.84. The zero-order chi connectivity index (χ0) is 10.4. The fraction of sp³-hybridized carbons (Fsp3) is 0.846. The first-order valence-corrected chi connectivity index (χ1v) is 6.13. The molecule has 1 fully saturated rings. The molecule has 0 saturated heterocycles. The molecule has 1 nitrogen and oxygen atoms in total. The van der Waals surface area contributed by atoms with Crippen molar-refractivity contribution < 1.29 is 0 Å². The molecule has 0 radical (unpaired) electrons. The normalized spacial score (nSPS) is 29.9. The first-order chi connectivity index (χ1) is 6.76. The summed E-state index contributed by atoms with van der Waals surface area (Å²) in [6.07, 6.45) is 10.1. The molecule has 0 heterocycles. The molecule has 3 atom stereocenters. The van der Waals surface area contributed by atoms with Gasteiger partial charge in [-0.2, -0.15) is 0 Å². The van der Waals surface area contributed by atoms with Crippen LogP contribution < -0.4 is 5.32 Å². The van der Waals surface area contributed by atoms with Crippen LogP contribution in [-0.4, -0.2) is 12.1 Å². The maximum atomic E-state index is 3.78. The Morgan fingerprint density at radius 3 is 2.93 bits per heavy atom. The van der Waals surface area contributed by atoms with E-state index in [-0.39, 0.29) is 0 Å². The number of rotatable bonds is 5. The Kier molecular flexibility index (Phi) is 5.24. The molecule has 1 saturated carbocycles. The summed E-state index contributed by atoms with van der Waals surface area (Å²) in [6, 6.07) is 1.37. The van der Waals surface area contributed by atoms with Gasteiger partial charge >= 0.3 is 0 Å². The van der Waals surface area contributed by atoms with E-state index in [2.05, 4.69) is 25.7 Å². The SMILES string of the molecule is C=CCC(C)NC1CCCC(CC)C1. The molecule has 0 aromatic carbocycles. The van der Waals surface area contributed by atoms with Gasteiger partial charge in [-0.1, -0.05) is 32.3 Å². The third-order valence-electron chi connectivity index (χ3n) is 3.40. The summed E-state index contributed by atoms with van der Waals surface area (Å²) in [5.41, 5.74) is 0. The molecule has 1 heteroatoms. The second-order valence-electron chi connectivity index (χ2n) is 4.73. The van der Waals surface area contributed by atoms with Crippen LogP contribution in [0.5, 0.6) is 0 Å². The molecule has 3 unspecified atom stereocenters. The minimum absolute atomic E-state index is 0.605. The highest BCUT2D eigenvalue weighted by Gasteiger charge is 2.21. The molecule has 0 spiro atoms. The smallest absolute Gasteiger partial charge is 0.00757 e. The summed E-state index contributed by atoms with van der Waals surface area (Å²) in [5, 5.41) is 3.71. The van der Waals surface area contributed by atoms with E-state index in [0.717, 1.165) is 18.4 Å². The van der Waals surface area contributed by atoms with Gasteiger partial charge in [0.15, 0.2) is 0 Å². The van der Waals surface area contributed by atoms with Gasteiger partial charge in [0.05, 0.1) is 0 Å². The number of nitrogens with one attached hydrogen (secondary N) is 1. The largest absolute Gasteiger partial charge is 0.311 e. The van der Waals surface area contributed by atoms with Crippen LogP contribution in [0.15, 0.2) is 12.7 Å². The first kappa shape index (κ1) is 11.8. The molecular formula is C13H25N. The highest BCUT2D eigenvalue weighted by molar-refractivity contribution is 4.82. The fourth-order valence-corrected chi connectivity index (χ4v) is 2.53. The third-order valence-corrected chi connectivity index (χ3v) is 3.40. The van der Waals surface area contributed by atoms with Crippen LogP contribution in [-0.2, 0) is 0 Å². The predicted octanol–water partition coefficient (Wildman–Crippen LogP) is 3.51. The summed E-state index contributed by atoms with van der Waals surface area (Å²) >= 11 is 0. The molecular weight excluding hydrogens is 170 g/mol. The second-order valence-corrected chi connectivity index (χ2v) is 4.73. The average molecular weight is 195 g/mol. The van der Waals surface area contributed by atoms with E-state index in [1.54, 1.807) is 0 Å². The standard InChI is InChI=1S/C13H25N/c1-4-7-11(3)14-13-9-6-8-12(5-2)10-13/h4,11-14H,1,5-10H2,2-3H3. The summed E-state index contributed by atoms with van der Waals surface area (Å²) in [4.78, 5) is 0. The molecule has 14 heavy (non-hydrogen) atoms. The summed E-state index contributed by atoms with van der Waals surface area (Å²) < 4.78 is 0. The van der Waals surface area contributed by atoms with E-state index in [1.807, 2.05) is 6.08 Å². The third kappa shape index (κ3) is 3.83. The fourth-order valence-electron chi connectivity index (χ4n) is 2.53. The molecule has 1 aliphatic carbocycles. The van der Waals surface area contributed by atoms with Gasteiger partial charge in [0.25, 0.3) is 0 Å². The van der Waals surface area contributed by atoms with Crippen LogP contribution in [0.3, 0.4) is 0 Å². The quantitative estimate of drug-likeness (QED) is 0.662. The molecule has 0 aromatic heterocycles. The molecule has 0 bridgehead atoms. The van der Waals surface area contributed by atoms with Crippen LogP contribution in [0.4, 0.5) is 0 Å². The summed E-state index contributed by atoms with van der Waals surface area (Å²) in [5.74, 6) is 0.970. The first-order valence-electron chi connectivity index (χ1n) is 6.13. The van der Waals surface area contributed by atoms with E-state index < -0.39 is 0 Å². The predicted molar refractivity (Wildman–Crippen MR) is 63.4 cm³/mol. The Balaban J connectivity index is 2.26. The lowest BCUT2D eigenvalue weighted by Crippen LogP contribution is -2.39. The lowest BCUT2D eigenvalue weighted by molar-refractivity contribution is 0.265. The molecule has 1 rings (SSSR count). The highest BCUT2D eigenvalue weighted by atomic mass is 14.9. The Morgan fingerprint density at radius 1 is 1.50 bits per heavy atom. The van der Waals surface area contributed by atoms with E-state index in [9.17, 15) is 0 Å². The average Bonchev–Trinajstić information content (AvgIpc) is 2.18. The van der Waals surface area contributed by atoms with E-state index in [4.69, 9.17) is 0 Å². The van der Waals surface area contributed by atoms with Crippen LogP contribution >= 0.6 is 0 Å². The zero-order valence-electron chi connectivity index (χ0n) is 9.76. The van der Waals surface area contributed by atoms with Gasteiger partial charge in [-0.3, -0.25) is 0 Å². The van der Waals surface area contributed by atoms with Crippen LogP contribution in [0.25, 0.3) is 0 Å². The molecule has 1 N–H and O–H groups in total. The Morgan fingerprint density at radius 2 is 2.29 bits per heavy atom. The molecule has 0 aromatic rings. The van der Waals surface area contributed by atoms with Gasteiger partial charge < -0.3 is 5.32 Å². The van der Waals surface area contributed by atoms with Crippen molar-refractivity contribution >= 4 is 0 Å². The maximum absolute atomic E-state index is 3.78. The van der Waals surface area contributed by atoms with Crippen LogP contribution in [0, 0.1) is 5.92 Å².